The number of likely N-dealkylation sites (N-methyl/N-ethyl adjacent to an activating group) is 1. The molecule has 1 aromatic carbocycles. The molecule has 1 aromatic rings. The predicted octanol–water partition coefficient (Wildman–Crippen LogP) is 0.532. The molecule has 0 unspecified atom stereocenters. The molecule has 6 heteroatoms. The van der Waals surface area contributed by atoms with Crippen molar-refractivity contribution in [3.63, 3.8) is 0 Å². The fourth-order valence-electron chi connectivity index (χ4n) is 1.71. The minimum atomic E-state index is -0.698. The van der Waals surface area contributed by atoms with Crippen LogP contribution in [0.2, 0.25) is 0 Å². The van der Waals surface area contributed by atoms with E-state index in [1.165, 1.54) is 4.90 Å². The molecule has 0 fully saturated rings. The molecule has 0 aliphatic rings. The van der Waals surface area contributed by atoms with Crippen molar-refractivity contribution < 1.29 is 14.7 Å². The molecule has 0 aliphatic heterocycles. The number of benzene rings is 1. The number of hydrogen-bond donors (Lipinski definition) is 2. The maximum Gasteiger partial charge on any atom is 0.313 e. The highest BCUT2D eigenvalue weighted by atomic mass is 16.3. The highest BCUT2D eigenvalue weighted by Crippen LogP contribution is 2.17. The van der Waals surface area contributed by atoms with Crippen LogP contribution >= 0.6 is 0 Å². The van der Waals surface area contributed by atoms with Crippen LogP contribution < -0.4 is 10.2 Å². The van der Waals surface area contributed by atoms with E-state index in [9.17, 15) is 9.59 Å². The molecule has 110 valence electrons. The second-order valence-corrected chi connectivity index (χ2v) is 4.51. The van der Waals surface area contributed by atoms with Gasteiger partial charge in [-0.1, -0.05) is 6.07 Å². The number of nitrogens with one attached hydrogen (secondary N) is 1. The Morgan fingerprint density at radius 2 is 2.00 bits per heavy atom. The predicted molar refractivity (Wildman–Crippen MR) is 78.7 cm³/mol. The molecule has 0 bridgehead atoms. The minimum Gasteiger partial charge on any atom is -0.395 e. The molecule has 2 N–H and O–H groups in total. The van der Waals surface area contributed by atoms with Crippen LogP contribution in [0.1, 0.15) is 6.92 Å². The van der Waals surface area contributed by atoms with Crippen molar-refractivity contribution in [3.05, 3.63) is 24.3 Å². The summed E-state index contributed by atoms with van der Waals surface area (Å²) in [6.45, 7) is 2.13. The largest absolute Gasteiger partial charge is 0.395 e. The first kappa shape index (κ1) is 16.0. The normalized spacial score (nSPS) is 10.0. The van der Waals surface area contributed by atoms with Crippen LogP contribution in [0.5, 0.6) is 0 Å². The number of aliphatic hydroxyl groups is 1. The van der Waals surface area contributed by atoms with Gasteiger partial charge in [0, 0.05) is 38.6 Å². The molecule has 0 saturated carbocycles. The summed E-state index contributed by atoms with van der Waals surface area (Å²) in [7, 11) is 3.79. The van der Waals surface area contributed by atoms with Crippen LogP contribution in [-0.4, -0.2) is 55.6 Å². The number of aliphatic hydroxyl groups excluding tert-OH is 1. The molecule has 0 radical (unpaired) electrons. The molecule has 2 amide bonds. The van der Waals surface area contributed by atoms with E-state index in [1.54, 1.807) is 25.1 Å². The van der Waals surface area contributed by atoms with Crippen molar-refractivity contribution in [1.82, 2.24) is 4.90 Å². The lowest BCUT2D eigenvalue weighted by molar-refractivity contribution is -0.143. The number of carbonyl (C=O) groups is 2. The first-order valence-electron chi connectivity index (χ1n) is 6.48. The summed E-state index contributed by atoms with van der Waals surface area (Å²) < 4.78 is 0. The molecule has 1 rings (SSSR count). The topological polar surface area (TPSA) is 72.9 Å². The number of amides is 2. The number of hydrogen-bond acceptors (Lipinski definition) is 4. The molecule has 0 atom stereocenters. The molecule has 0 aromatic heterocycles. The Balaban J connectivity index is 2.74. The van der Waals surface area contributed by atoms with Crippen molar-refractivity contribution in [2.45, 2.75) is 6.92 Å². The van der Waals surface area contributed by atoms with Crippen molar-refractivity contribution in [2.75, 3.05) is 44.0 Å². The van der Waals surface area contributed by atoms with Gasteiger partial charge in [0.2, 0.25) is 0 Å². The van der Waals surface area contributed by atoms with Gasteiger partial charge in [-0.15, -0.1) is 0 Å². The fraction of sp³-hybridized carbons (Fsp3) is 0.429. The Morgan fingerprint density at radius 3 is 2.55 bits per heavy atom. The summed E-state index contributed by atoms with van der Waals surface area (Å²) in [5.41, 5.74) is 1.49. The Bertz CT molecular complexity index is 474. The average molecular weight is 279 g/mol. The monoisotopic (exact) mass is 279 g/mol. The van der Waals surface area contributed by atoms with E-state index >= 15 is 0 Å². The van der Waals surface area contributed by atoms with Crippen molar-refractivity contribution in [3.8, 4) is 0 Å². The zero-order chi connectivity index (χ0) is 15.1. The number of rotatable bonds is 5. The highest BCUT2D eigenvalue weighted by Gasteiger charge is 2.20. The summed E-state index contributed by atoms with van der Waals surface area (Å²) in [6, 6.07) is 7.22. The molecule has 0 aliphatic carbocycles. The zero-order valence-electron chi connectivity index (χ0n) is 12.1. The number of carbonyl (C=O) groups excluding carboxylic acids is 2. The highest BCUT2D eigenvalue weighted by molar-refractivity contribution is 6.39. The lowest BCUT2D eigenvalue weighted by Gasteiger charge is -2.19. The van der Waals surface area contributed by atoms with Gasteiger partial charge in [0.25, 0.3) is 0 Å². The van der Waals surface area contributed by atoms with E-state index < -0.39 is 11.8 Å². The van der Waals surface area contributed by atoms with Gasteiger partial charge in [-0.2, -0.15) is 0 Å². The van der Waals surface area contributed by atoms with Gasteiger partial charge in [-0.3, -0.25) is 9.59 Å². The Hall–Kier alpha value is -2.08. The summed E-state index contributed by atoms with van der Waals surface area (Å²) in [4.78, 5) is 27.0. The maximum absolute atomic E-state index is 11.9. The lowest BCUT2D eigenvalue weighted by atomic mass is 10.2. The van der Waals surface area contributed by atoms with Gasteiger partial charge in [0.05, 0.1) is 6.61 Å². The van der Waals surface area contributed by atoms with Gasteiger partial charge < -0.3 is 20.2 Å². The Kier molecular flexibility index (Phi) is 5.99. The van der Waals surface area contributed by atoms with Crippen molar-refractivity contribution >= 4 is 23.2 Å². The summed E-state index contributed by atoms with van der Waals surface area (Å²) in [5, 5.41) is 11.4. The van der Waals surface area contributed by atoms with Gasteiger partial charge >= 0.3 is 11.8 Å². The molecule has 6 nitrogen and oxygen atoms in total. The van der Waals surface area contributed by atoms with Crippen LogP contribution in [0, 0.1) is 0 Å². The Labute approximate surface area is 119 Å². The van der Waals surface area contributed by atoms with E-state index in [4.69, 9.17) is 5.11 Å². The van der Waals surface area contributed by atoms with Gasteiger partial charge in [-0.05, 0) is 25.1 Å². The minimum absolute atomic E-state index is 0.153. The first-order valence-corrected chi connectivity index (χ1v) is 6.48. The smallest absolute Gasteiger partial charge is 0.313 e. The third kappa shape index (κ3) is 4.24. The summed E-state index contributed by atoms with van der Waals surface area (Å²) in [5.74, 6) is -1.34. The van der Waals surface area contributed by atoms with Gasteiger partial charge in [0.1, 0.15) is 0 Å². The summed E-state index contributed by atoms with van der Waals surface area (Å²) >= 11 is 0. The van der Waals surface area contributed by atoms with E-state index in [1.807, 2.05) is 25.1 Å². The van der Waals surface area contributed by atoms with E-state index in [0.717, 1.165) is 5.69 Å². The van der Waals surface area contributed by atoms with Crippen LogP contribution in [0.3, 0.4) is 0 Å². The first-order chi connectivity index (χ1) is 9.49. The van der Waals surface area contributed by atoms with Gasteiger partial charge in [-0.25, -0.2) is 0 Å². The second-order valence-electron chi connectivity index (χ2n) is 4.51. The maximum atomic E-state index is 11.9. The molecular weight excluding hydrogens is 258 g/mol. The molecule has 0 saturated heterocycles. The van der Waals surface area contributed by atoms with E-state index in [2.05, 4.69) is 5.32 Å². The van der Waals surface area contributed by atoms with Crippen LogP contribution in [0.15, 0.2) is 24.3 Å². The van der Waals surface area contributed by atoms with Crippen molar-refractivity contribution in [2.24, 2.45) is 0 Å². The Morgan fingerprint density at radius 1 is 1.30 bits per heavy atom. The molecular formula is C14H21N3O3. The lowest BCUT2D eigenvalue weighted by Crippen LogP contribution is -2.41. The average Bonchev–Trinajstić information content (AvgIpc) is 2.44. The SMILES string of the molecule is CCN(CCO)C(=O)C(=O)Nc1cccc(N(C)C)c1. The third-order valence-corrected chi connectivity index (χ3v) is 2.85. The zero-order valence-corrected chi connectivity index (χ0v) is 12.1. The van der Waals surface area contributed by atoms with Crippen LogP contribution in [-0.2, 0) is 9.59 Å². The van der Waals surface area contributed by atoms with Gasteiger partial charge in [0.15, 0.2) is 0 Å². The quantitative estimate of drug-likeness (QED) is 0.771. The number of anilines is 2. The molecule has 0 spiro atoms. The molecule has 0 heterocycles. The molecule has 20 heavy (non-hydrogen) atoms. The van der Waals surface area contributed by atoms with Crippen LogP contribution in [0.4, 0.5) is 11.4 Å². The second kappa shape index (κ2) is 7.49. The van der Waals surface area contributed by atoms with Crippen LogP contribution in [0.25, 0.3) is 0 Å². The number of nitrogens with zero attached hydrogens (tertiary/aromatic N) is 2. The standard InChI is InChI=1S/C14H21N3O3/c1-4-17(8-9-18)14(20)13(19)15-11-6-5-7-12(10-11)16(2)3/h5-7,10,18H,4,8-9H2,1-3H3,(H,15,19). The van der Waals surface area contributed by atoms with E-state index in [-0.39, 0.29) is 13.2 Å². The fourth-order valence-corrected chi connectivity index (χ4v) is 1.71. The summed E-state index contributed by atoms with van der Waals surface area (Å²) in [6.07, 6.45) is 0. The third-order valence-electron chi connectivity index (χ3n) is 2.85. The van der Waals surface area contributed by atoms with Crippen molar-refractivity contribution in [1.29, 1.82) is 0 Å². The van der Waals surface area contributed by atoms with E-state index in [0.29, 0.717) is 12.2 Å².